The van der Waals surface area contributed by atoms with Crippen molar-refractivity contribution < 1.29 is 5.11 Å². The van der Waals surface area contributed by atoms with Crippen LogP contribution in [-0.4, -0.2) is 16.1 Å². The smallest absolute Gasteiger partial charge is 0.186 e. The van der Waals surface area contributed by atoms with Crippen LogP contribution in [0.2, 0.25) is 0 Å². The normalized spacial score (nSPS) is 16.6. The summed E-state index contributed by atoms with van der Waals surface area (Å²) in [5, 5.41) is 15.1. The molecule has 19 heavy (non-hydrogen) atoms. The Balaban J connectivity index is 1.85. The van der Waals surface area contributed by atoms with E-state index in [1.807, 2.05) is 13.8 Å². The van der Waals surface area contributed by atoms with Crippen molar-refractivity contribution in [2.45, 2.75) is 45.4 Å². The van der Waals surface area contributed by atoms with Crippen molar-refractivity contribution in [1.82, 2.24) is 4.98 Å². The van der Waals surface area contributed by atoms with Gasteiger partial charge in [-0.2, -0.15) is 11.3 Å². The molecule has 0 saturated heterocycles. The molecule has 3 rings (SSSR count). The van der Waals surface area contributed by atoms with E-state index in [0.717, 1.165) is 22.2 Å². The number of hydrogen-bond acceptors (Lipinski definition) is 5. The van der Waals surface area contributed by atoms with E-state index in [-0.39, 0.29) is 0 Å². The SMILES string of the molecule is Cc1nc(N(Cc2ccsc2)C2CC2)sc1C(C)O. The monoisotopic (exact) mass is 294 g/mol. The molecule has 2 heterocycles. The van der Waals surface area contributed by atoms with Gasteiger partial charge in [-0.15, -0.1) is 0 Å². The van der Waals surface area contributed by atoms with Crippen molar-refractivity contribution in [2.24, 2.45) is 0 Å². The van der Waals surface area contributed by atoms with Crippen molar-refractivity contribution in [1.29, 1.82) is 0 Å². The minimum atomic E-state index is -0.423. The second kappa shape index (κ2) is 5.23. The van der Waals surface area contributed by atoms with E-state index in [2.05, 4.69) is 26.7 Å². The Labute approximate surface area is 121 Å². The average Bonchev–Trinajstić information content (AvgIpc) is 2.93. The molecule has 2 aromatic rings. The molecule has 1 aliphatic rings. The van der Waals surface area contributed by atoms with Crippen LogP contribution in [0.25, 0.3) is 0 Å². The van der Waals surface area contributed by atoms with Gasteiger partial charge in [0.15, 0.2) is 5.13 Å². The van der Waals surface area contributed by atoms with E-state index in [1.165, 1.54) is 18.4 Å². The minimum absolute atomic E-state index is 0.423. The number of aliphatic hydroxyl groups is 1. The van der Waals surface area contributed by atoms with Crippen LogP contribution in [0.3, 0.4) is 0 Å². The Hall–Kier alpha value is -0.910. The summed E-state index contributed by atoms with van der Waals surface area (Å²) in [5.41, 5.74) is 2.31. The number of aliphatic hydroxyl groups excluding tert-OH is 1. The highest BCUT2D eigenvalue weighted by Crippen LogP contribution is 2.38. The van der Waals surface area contributed by atoms with Crippen LogP contribution in [0.15, 0.2) is 16.8 Å². The number of aryl methyl sites for hydroxylation is 1. The molecule has 5 heteroatoms. The van der Waals surface area contributed by atoms with Crippen LogP contribution in [-0.2, 0) is 6.54 Å². The van der Waals surface area contributed by atoms with Crippen molar-refractivity contribution in [3.8, 4) is 0 Å². The lowest BCUT2D eigenvalue weighted by Crippen LogP contribution is -2.24. The summed E-state index contributed by atoms with van der Waals surface area (Å²) in [5.74, 6) is 0. The van der Waals surface area contributed by atoms with Gasteiger partial charge in [-0.1, -0.05) is 11.3 Å². The molecule has 1 atom stereocenters. The molecule has 0 aromatic carbocycles. The summed E-state index contributed by atoms with van der Waals surface area (Å²) in [7, 11) is 0. The summed E-state index contributed by atoms with van der Waals surface area (Å²) in [4.78, 5) is 8.05. The van der Waals surface area contributed by atoms with Gasteiger partial charge in [0.1, 0.15) is 0 Å². The van der Waals surface area contributed by atoms with Crippen LogP contribution < -0.4 is 4.90 Å². The van der Waals surface area contributed by atoms with Crippen LogP contribution in [0.1, 0.15) is 42.0 Å². The predicted octanol–water partition coefficient (Wildman–Crippen LogP) is 3.74. The quantitative estimate of drug-likeness (QED) is 0.912. The van der Waals surface area contributed by atoms with E-state index in [0.29, 0.717) is 6.04 Å². The molecule has 1 saturated carbocycles. The number of aromatic nitrogens is 1. The maximum Gasteiger partial charge on any atom is 0.186 e. The lowest BCUT2D eigenvalue weighted by molar-refractivity contribution is 0.202. The first-order chi connectivity index (χ1) is 9.15. The van der Waals surface area contributed by atoms with Crippen LogP contribution in [0.5, 0.6) is 0 Å². The fourth-order valence-corrected chi connectivity index (χ4v) is 3.96. The van der Waals surface area contributed by atoms with E-state index >= 15 is 0 Å². The first kappa shape index (κ1) is 13.1. The first-order valence-corrected chi connectivity index (χ1v) is 8.34. The van der Waals surface area contributed by atoms with Gasteiger partial charge < -0.3 is 10.0 Å². The van der Waals surface area contributed by atoms with Gasteiger partial charge in [0, 0.05) is 12.6 Å². The van der Waals surface area contributed by atoms with E-state index in [9.17, 15) is 5.11 Å². The molecule has 0 spiro atoms. The molecule has 0 bridgehead atoms. The molecule has 102 valence electrons. The molecular formula is C14H18N2OS2. The summed E-state index contributed by atoms with van der Waals surface area (Å²) >= 11 is 3.37. The second-order valence-corrected chi connectivity index (χ2v) is 6.90. The molecular weight excluding hydrogens is 276 g/mol. The fraction of sp³-hybridized carbons (Fsp3) is 0.500. The second-order valence-electron chi connectivity index (χ2n) is 5.11. The molecule has 0 radical (unpaired) electrons. The molecule has 3 nitrogen and oxygen atoms in total. The molecule has 0 aliphatic heterocycles. The summed E-state index contributed by atoms with van der Waals surface area (Å²) < 4.78 is 0. The maximum atomic E-state index is 9.76. The zero-order chi connectivity index (χ0) is 13.4. The van der Waals surface area contributed by atoms with E-state index in [4.69, 9.17) is 0 Å². The average molecular weight is 294 g/mol. The first-order valence-electron chi connectivity index (χ1n) is 6.58. The van der Waals surface area contributed by atoms with Crippen LogP contribution in [0.4, 0.5) is 5.13 Å². The highest BCUT2D eigenvalue weighted by atomic mass is 32.1. The Morgan fingerprint density at radius 2 is 2.32 bits per heavy atom. The summed E-state index contributed by atoms with van der Waals surface area (Å²) in [6.07, 6.45) is 2.09. The van der Waals surface area contributed by atoms with Gasteiger partial charge in [0.05, 0.1) is 16.7 Å². The standard InChI is InChI=1S/C14H18N2OS2/c1-9-13(10(2)17)19-14(15-9)16(12-3-4-12)7-11-5-6-18-8-11/h5-6,8,10,12,17H,3-4,7H2,1-2H3. The van der Waals surface area contributed by atoms with Gasteiger partial charge in [-0.05, 0) is 49.1 Å². The molecule has 0 amide bonds. The van der Waals surface area contributed by atoms with Gasteiger partial charge in [0.25, 0.3) is 0 Å². The Morgan fingerprint density at radius 1 is 1.53 bits per heavy atom. The van der Waals surface area contributed by atoms with Crippen molar-refractivity contribution in [3.63, 3.8) is 0 Å². The predicted molar refractivity (Wildman–Crippen MR) is 81.0 cm³/mol. The lowest BCUT2D eigenvalue weighted by Gasteiger charge is -2.20. The summed E-state index contributed by atoms with van der Waals surface area (Å²) in [6, 6.07) is 2.81. The number of anilines is 1. The third-order valence-corrected chi connectivity index (χ3v) is 5.46. The number of nitrogens with zero attached hydrogens (tertiary/aromatic N) is 2. The number of rotatable bonds is 5. The topological polar surface area (TPSA) is 36.4 Å². The third-order valence-electron chi connectivity index (χ3n) is 3.37. The molecule has 2 aromatic heterocycles. The minimum Gasteiger partial charge on any atom is -0.388 e. The fourth-order valence-electron chi connectivity index (χ4n) is 2.22. The number of hydrogen-bond donors (Lipinski definition) is 1. The zero-order valence-corrected chi connectivity index (χ0v) is 12.8. The lowest BCUT2D eigenvalue weighted by atomic mass is 10.3. The molecule has 1 N–H and O–H groups in total. The third kappa shape index (κ3) is 2.83. The Bertz CT molecular complexity index is 544. The van der Waals surface area contributed by atoms with Gasteiger partial charge in [-0.25, -0.2) is 4.98 Å². The van der Waals surface area contributed by atoms with Gasteiger partial charge >= 0.3 is 0 Å². The molecule has 1 unspecified atom stereocenters. The van der Waals surface area contributed by atoms with Gasteiger partial charge in [0.2, 0.25) is 0 Å². The molecule has 1 aliphatic carbocycles. The van der Waals surface area contributed by atoms with Crippen LogP contribution in [0, 0.1) is 6.92 Å². The van der Waals surface area contributed by atoms with Crippen molar-refractivity contribution in [2.75, 3.05) is 4.90 Å². The largest absolute Gasteiger partial charge is 0.388 e. The highest BCUT2D eigenvalue weighted by Gasteiger charge is 2.31. The maximum absolute atomic E-state index is 9.76. The molecule has 1 fully saturated rings. The van der Waals surface area contributed by atoms with E-state index < -0.39 is 6.10 Å². The highest BCUT2D eigenvalue weighted by molar-refractivity contribution is 7.15. The summed E-state index contributed by atoms with van der Waals surface area (Å²) in [6.45, 7) is 4.72. The van der Waals surface area contributed by atoms with Crippen molar-refractivity contribution >= 4 is 27.8 Å². The zero-order valence-electron chi connectivity index (χ0n) is 11.2. The van der Waals surface area contributed by atoms with E-state index in [1.54, 1.807) is 22.7 Å². The number of thiazole rings is 1. The van der Waals surface area contributed by atoms with Gasteiger partial charge in [-0.3, -0.25) is 0 Å². The van der Waals surface area contributed by atoms with Crippen LogP contribution >= 0.6 is 22.7 Å². The van der Waals surface area contributed by atoms with Crippen molar-refractivity contribution in [3.05, 3.63) is 33.0 Å². The number of thiophene rings is 1. The Kier molecular flexibility index (Phi) is 3.60. The Morgan fingerprint density at radius 3 is 2.84 bits per heavy atom.